The summed E-state index contributed by atoms with van der Waals surface area (Å²) >= 11 is 0. The number of carbonyl (C=O) groups excluding carboxylic acids is 1. The van der Waals surface area contributed by atoms with Crippen molar-refractivity contribution in [3.63, 3.8) is 0 Å². The van der Waals surface area contributed by atoms with Crippen LogP contribution in [0.4, 0.5) is 0 Å². The summed E-state index contributed by atoms with van der Waals surface area (Å²) in [5, 5.41) is 6.99. The van der Waals surface area contributed by atoms with Crippen LogP contribution in [0.5, 0.6) is 0 Å². The van der Waals surface area contributed by atoms with E-state index in [2.05, 4.69) is 32.6 Å². The molecule has 0 saturated heterocycles. The number of hydrogen-bond acceptors (Lipinski definition) is 5. The average molecular weight is 324 g/mol. The molecule has 24 heavy (non-hydrogen) atoms. The summed E-state index contributed by atoms with van der Waals surface area (Å²) in [7, 11) is 0. The summed E-state index contributed by atoms with van der Waals surface area (Å²) in [6, 6.07) is 3.65. The van der Waals surface area contributed by atoms with E-state index in [-0.39, 0.29) is 5.91 Å². The van der Waals surface area contributed by atoms with Crippen LogP contribution in [0, 0.1) is 17.8 Å². The first-order valence-corrected chi connectivity index (χ1v) is 8.46. The third kappa shape index (κ3) is 3.22. The molecule has 2 aromatic rings. The Morgan fingerprint density at radius 3 is 2.88 bits per heavy atom. The van der Waals surface area contributed by atoms with Crippen LogP contribution in [0.3, 0.4) is 0 Å². The predicted octanol–water partition coefficient (Wildman–Crippen LogP) is 2.39. The molecular formula is C18H20N4O2. The van der Waals surface area contributed by atoms with Gasteiger partial charge in [0.1, 0.15) is 0 Å². The van der Waals surface area contributed by atoms with Crippen LogP contribution in [-0.2, 0) is 11.2 Å². The summed E-state index contributed by atoms with van der Waals surface area (Å²) < 4.78 is 5.22. The standard InChI is InChI=1S/C18H20N4O2/c23-16(20-11-15-10-12-1-2-14(15)9-12)3-4-17-21-18(22-24-17)13-5-7-19-8-6-13/h1-2,5-8,12,14-15H,3-4,9-11H2,(H,20,23)/t12-,14+,15-/m0/s1. The number of fused-ring (bicyclic) bond motifs is 2. The van der Waals surface area contributed by atoms with E-state index in [0.29, 0.717) is 36.4 Å². The summed E-state index contributed by atoms with van der Waals surface area (Å²) in [5.74, 6) is 3.06. The maximum atomic E-state index is 12.0. The molecule has 4 rings (SSSR count). The number of pyridine rings is 1. The maximum absolute atomic E-state index is 12.0. The van der Waals surface area contributed by atoms with Crippen LogP contribution >= 0.6 is 0 Å². The molecule has 1 saturated carbocycles. The first-order valence-electron chi connectivity index (χ1n) is 8.46. The Morgan fingerprint density at radius 1 is 1.25 bits per heavy atom. The number of amides is 1. The van der Waals surface area contributed by atoms with E-state index < -0.39 is 0 Å². The van der Waals surface area contributed by atoms with Crippen LogP contribution in [0.1, 0.15) is 25.2 Å². The second-order valence-corrected chi connectivity index (χ2v) is 6.59. The number of nitrogens with zero attached hydrogens (tertiary/aromatic N) is 3. The van der Waals surface area contributed by atoms with Gasteiger partial charge in [-0.25, -0.2) is 0 Å². The summed E-state index contributed by atoms with van der Waals surface area (Å²) in [4.78, 5) is 20.3. The lowest BCUT2D eigenvalue weighted by Crippen LogP contribution is -2.31. The zero-order chi connectivity index (χ0) is 16.4. The lowest BCUT2D eigenvalue weighted by Gasteiger charge is -2.18. The molecule has 2 heterocycles. The number of carbonyl (C=O) groups is 1. The third-order valence-corrected chi connectivity index (χ3v) is 4.95. The summed E-state index contributed by atoms with van der Waals surface area (Å²) in [6.07, 6.45) is 11.3. The number of aromatic nitrogens is 3. The molecule has 0 radical (unpaired) electrons. The Balaban J connectivity index is 1.24. The summed E-state index contributed by atoms with van der Waals surface area (Å²) in [6.45, 7) is 0.774. The molecule has 0 unspecified atom stereocenters. The van der Waals surface area contributed by atoms with Crippen molar-refractivity contribution >= 4 is 5.91 Å². The van der Waals surface area contributed by atoms with E-state index in [1.807, 2.05) is 12.1 Å². The fourth-order valence-electron chi connectivity index (χ4n) is 3.66. The minimum atomic E-state index is 0.0467. The Hall–Kier alpha value is -2.50. The van der Waals surface area contributed by atoms with Crippen LogP contribution in [-0.4, -0.2) is 27.6 Å². The smallest absolute Gasteiger partial charge is 0.227 e. The van der Waals surface area contributed by atoms with Crippen molar-refractivity contribution < 1.29 is 9.32 Å². The molecule has 2 aliphatic carbocycles. The molecule has 0 spiro atoms. The SMILES string of the molecule is O=C(CCc1nc(-c2ccncc2)no1)NC[C@@H]1C[C@H]2C=C[C@@H]1C2. The van der Waals surface area contributed by atoms with E-state index in [1.165, 1.54) is 12.8 Å². The first-order chi connectivity index (χ1) is 11.8. The van der Waals surface area contributed by atoms with Crippen LogP contribution in [0.2, 0.25) is 0 Å². The molecule has 6 heteroatoms. The van der Waals surface area contributed by atoms with Gasteiger partial charge in [0, 0.05) is 37.3 Å². The van der Waals surface area contributed by atoms with E-state index in [4.69, 9.17) is 4.52 Å². The van der Waals surface area contributed by atoms with Gasteiger partial charge in [-0.1, -0.05) is 17.3 Å². The number of allylic oxidation sites excluding steroid dienone is 2. The normalized spacial score (nSPS) is 24.4. The minimum absolute atomic E-state index is 0.0467. The summed E-state index contributed by atoms with van der Waals surface area (Å²) in [5.41, 5.74) is 0.855. The fraction of sp³-hybridized carbons (Fsp3) is 0.444. The Bertz CT molecular complexity index is 740. The van der Waals surface area contributed by atoms with Gasteiger partial charge in [-0.15, -0.1) is 0 Å². The van der Waals surface area contributed by atoms with Crippen LogP contribution in [0.25, 0.3) is 11.4 Å². The molecule has 1 fully saturated rings. The molecule has 124 valence electrons. The molecule has 2 bridgehead atoms. The third-order valence-electron chi connectivity index (χ3n) is 4.95. The van der Waals surface area contributed by atoms with E-state index in [1.54, 1.807) is 12.4 Å². The van der Waals surface area contributed by atoms with Gasteiger partial charge in [0.25, 0.3) is 0 Å². The Morgan fingerprint density at radius 2 is 2.12 bits per heavy atom. The van der Waals surface area contributed by atoms with Crippen molar-refractivity contribution in [2.45, 2.75) is 25.7 Å². The highest BCUT2D eigenvalue weighted by atomic mass is 16.5. The zero-order valence-electron chi connectivity index (χ0n) is 13.4. The topological polar surface area (TPSA) is 80.9 Å². The van der Waals surface area contributed by atoms with Crippen molar-refractivity contribution in [1.82, 2.24) is 20.4 Å². The highest BCUT2D eigenvalue weighted by Crippen LogP contribution is 2.42. The fourth-order valence-corrected chi connectivity index (χ4v) is 3.66. The molecule has 0 aliphatic heterocycles. The molecule has 2 aliphatic rings. The Kier molecular flexibility index (Phi) is 4.11. The van der Waals surface area contributed by atoms with E-state index in [9.17, 15) is 4.79 Å². The van der Waals surface area contributed by atoms with Gasteiger partial charge >= 0.3 is 0 Å². The van der Waals surface area contributed by atoms with Gasteiger partial charge in [0.15, 0.2) is 0 Å². The lowest BCUT2D eigenvalue weighted by atomic mass is 9.93. The molecular weight excluding hydrogens is 304 g/mol. The number of nitrogens with one attached hydrogen (secondary N) is 1. The molecule has 1 N–H and O–H groups in total. The van der Waals surface area contributed by atoms with Gasteiger partial charge in [0.05, 0.1) is 0 Å². The van der Waals surface area contributed by atoms with Crippen molar-refractivity contribution in [2.24, 2.45) is 17.8 Å². The monoisotopic (exact) mass is 324 g/mol. The molecule has 6 nitrogen and oxygen atoms in total. The molecule has 2 aromatic heterocycles. The largest absolute Gasteiger partial charge is 0.356 e. The Labute approximate surface area is 140 Å². The molecule has 1 amide bonds. The maximum Gasteiger partial charge on any atom is 0.227 e. The zero-order valence-corrected chi connectivity index (χ0v) is 13.4. The number of aryl methyl sites for hydroxylation is 1. The van der Waals surface area contributed by atoms with Crippen molar-refractivity contribution in [3.8, 4) is 11.4 Å². The van der Waals surface area contributed by atoms with Crippen molar-refractivity contribution in [2.75, 3.05) is 6.54 Å². The van der Waals surface area contributed by atoms with Crippen LogP contribution < -0.4 is 5.32 Å². The average Bonchev–Trinajstić information content (AvgIpc) is 3.35. The number of rotatable bonds is 6. The second-order valence-electron chi connectivity index (χ2n) is 6.59. The quantitative estimate of drug-likeness (QED) is 0.825. The van der Waals surface area contributed by atoms with Gasteiger partial charge in [-0.05, 0) is 42.7 Å². The minimum Gasteiger partial charge on any atom is -0.356 e. The highest BCUT2D eigenvalue weighted by Gasteiger charge is 2.35. The molecule has 3 atom stereocenters. The van der Waals surface area contributed by atoms with Gasteiger partial charge < -0.3 is 9.84 Å². The van der Waals surface area contributed by atoms with Crippen LogP contribution in [0.15, 0.2) is 41.2 Å². The lowest BCUT2D eigenvalue weighted by molar-refractivity contribution is -0.121. The number of hydrogen-bond donors (Lipinski definition) is 1. The first kappa shape index (κ1) is 15.1. The van der Waals surface area contributed by atoms with Crippen molar-refractivity contribution in [3.05, 3.63) is 42.6 Å². The second kappa shape index (κ2) is 6.55. The van der Waals surface area contributed by atoms with Gasteiger partial charge in [-0.3, -0.25) is 9.78 Å². The predicted molar refractivity (Wildman–Crippen MR) is 87.7 cm³/mol. The highest BCUT2D eigenvalue weighted by molar-refractivity contribution is 5.76. The van der Waals surface area contributed by atoms with Gasteiger partial charge in [-0.2, -0.15) is 4.98 Å². The van der Waals surface area contributed by atoms with E-state index in [0.717, 1.165) is 18.0 Å². The van der Waals surface area contributed by atoms with Crippen molar-refractivity contribution in [1.29, 1.82) is 0 Å². The molecule has 0 aromatic carbocycles. The van der Waals surface area contributed by atoms with E-state index >= 15 is 0 Å². The van der Waals surface area contributed by atoms with Gasteiger partial charge in [0.2, 0.25) is 17.6 Å².